The molecule has 212 valence electrons. The number of likely N-dealkylation sites (N-methyl/N-ethyl adjacent to an activating group) is 1. The smallest absolute Gasteiger partial charge is 0.232 e. The van der Waals surface area contributed by atoms with E-state index < -0.39 is 27.3 Å². The molecular weight excluding hydrogens is 552 g/mol. The number of pyridine rings is 1. The number of anilines is 2. The Kier molecular flexibility index (Phi) is 7.54. The van der Waals surface area contributed by atoms with Gasteiger partial charge in [0.1, 0.15) is 23.6 Å². The van der Waals surface area contributed by atoms with E-state index in [1.165, 1.54) is 28.9 Å². The fourth-order valence-electron chi connectivity index (χ4n) is 4.55. The maximum absolute atomic E-state index is 15.8. The third kappa shape index (κ3) is 5.53. The number of hydrogen-bond acceptors (Lipinski definition) is 7. The van der Waals surface area contributed by atoms with Gasteiger partial charge >= 0.3 is 0 Å². The van der Waals surface area contributed by atoms with Gasteiger partial charge in [-0.05, 0) is 42.8 Å². The third-order valence-corrected chi connectivity index (χ3v) is 8.09. The van der Waals surface area contributed by atoms with Crippen LogP contribution < -0.4 is 9.62 Å². The van der Waals surface area contributed by atoms with Gasteiger partial charge in [0.25, 0.3) is 0 Å². The Morgan fingerprint density at radius 3 is 2.46 bits per heavy atom. The number of aromatic nitrogens is 4. The Labute approximate surface area is 235 Å². The normalized spacial score (nSPS) is 13.6. The van der Waals surface area contributed by atoms with Crippen molar-refractivity contribution in [2.45, 2.75) is 26.3 Å². The summed E-state index contributed by atoms with van der Waals surface area (Å²) in [6.45, 7) is 3.15. The molecule has 0 aliphatic carbocycles. The van der Waals surface area contributed by atoms with Crippen molar-refractivity contribution in [1.82, 2.24) is 24.4 Å². The zero-order valence-electron chi connectivity index (χ0n) is 22.5. The van der Waals surface area contributed by atoms with Crippen molar-refractivity contribution in [3.63, 3.8) is 0 Å². The van der Waals surface area contributed by atoms with E-state index in [1.807, 2.05) is 24.1 Å². The minimum Gasteiger partial charge on any atom is -0.350 e. The topological polar surface area (TPSA) is 113 Å². The molecule has 5 rings (SSSR count). The number of sulfonamides is 1. The average molecular weight is 580 g/mol. The number of amides is 1. The lowest BCUT2D eigenvalue weighted by Crippen LogP contribution is -2.32. The number of benzene rings is 1. The first-order valence-electron chi connectivity index (χ1n) is 12.7. The Hall–Kier alpha value is -4.65. The SMILES string of the molecule is CCCS(=O)(=O)Nc1ccc(F)c(-n2cc(-c3cncnc3)c3nc(N(C)C4C=CN(C(C)=O)C=C4)ccc32)c1F. The Morgan fingerprint density at radius 1 is 1.10 bits per heavy atom. The zero-order chi connectivity index (χ0) is 29.3. The molecule has 4 aromatic rings. The number of rotatable bonds is 8. The van der Waals surface area contributed by atoms with Gasteiger partial charge in [-0.1, -0.05) is 6.92 Å². The summed E-state index contributed by atoms with van der Waals surface area (Å²) in [7, 11) is -1.98. The second kappa shape index (κ2) is 11.1. The fraction of sp³-hybridized carbons (Fsp3) is 0.214. The minimum atomic E-state index is -3.82. The summed E-state index contributed by atoms with van der Waals surface area (Å²) in [5.74, 6) is -1.71. The van der Waals surface area contributed by atoms with Crippen molar-refractivity contribution < 1.29 is 22.0 Å². The molecule has 10 nitrogen and oxygen atoms in total. The molecule has 1 aromatic carbocycles. The van der Waals surface area contributed by atoms with Gasteiger partial charge in [-0.25, -0.2) is 32.2 Å². The first-order valence-corrected chi connectivity index (χ1v) is 14.4. The van der Waals surface area contributed by atoms with Crippen molar-refractivity contribution in [2.75, 3.05) is 22.4 Å². The lowest BCUT2D eigenvalue weighted by Gasteiger charge is -2.28. The maximum atomic E-state index is 15.8. The summed E-state index contributed by atoms with van der Waals surface area (Å²) in [6, 6.07) is 5.27. The summed E-state index contributed by atoms with van der Waals surface area (Å²) in [4.78, 5) is 28.0. The van der Waals surface area contributed by atoms with Crippen molar-refractivity contribution in [3.8, 4) is 16.8 Å². The predicted molar refractivity (Wildman–Crippen MR) is 153 cm³/mol. The molecule has 0 radical (unpaired) electrons. The molecule has 0 spiro atoms. The molecular formula is C28H27F2N7O3S. The van der Waals surface area contributed by atoms with Crippen LogP contribution in [0.3, 0.4) is 0 Å². The summed E-state index contributed by atoms with van der Waals surface area (Å²) in [5.41, 5.74) is 1.07. The van der Waals surface area contributed by atoms with Gasteiger partial charge in [0, 0.05) is 56.1 Å². The monoisotopic (exact) mass is 579 g/mol. The van der Waals surface area contributed by atoms with Crippen molar-refractivity contribution in [1.29, 1.82) is 0 Å². The molecule has 4 heterocycles. The van der Waals surface area contributed by atoms with Crippen LogP contribution in [0.1, 0.15) is 20.3 Å². The second-order valence-electron chi connectivity index (χ2n) is 9.47. The molecule has 0 atom stereocenters. The highest BCUT2D eigenvalue weighted by Gasteiger charge is 2.24. The second-order valence-corrected chi connectivity index (χ2v) is 11.3. The molecule has 0 fully saturated rings. The quantitative estimate of drug-likeness (QED) is 0.324. The first kappa shape index (κ1) is 27.9. The van der Waals surface area contributed by atoms with Gasteiger partial charge in [0.05, 0.1) is 28.5 Å². The number of hydrogen-bond donors (Lipinski definition) is 1. The number of nitrogens with zero attached hydrogens (tertiary/aromatic N) is 6. The van der Waals surface area contributed by atoms with Crippen molar-refractivity contribution >= 4 is 38.5 Å². The lowest BCUT2D eigenvalue weighted by molar-refractivity contribution is -0.124. The molecule has 0 bridgehead atoms. The summed E-state index contributed by atoms with van der Waals surface area (Å²) in [5, 5.41) is 0. The largest absolute Gasteiger partial charge is 0.350 e. The van der Waals surface area contributed by atoms with Crippen LogP contribution in [0.2, 0.25) is 0 Å². The van der Waals surface area contributed by atoms with Gasteiger partial charge in [-0.2, -0.15) is 0 Å². The van der Waals surface area contributed by atoms with E-state index >= 15 is 8.78 Å². The van der Waals surface area contributed by atoms with Crippen molar-refractivity contribution in [3.05, 3.63) is 85.4 Å². The molecule has 0 unspecified atom stereocenters. The molecule has 0 saturated carbocycles. The summed E-state index contributed by atoms with van der Waals surface area (Å²) < 4.78 is 59.2. The van der Waals surface area contributed by atoms with Crippen LogP contribution in [-0.2, 0) is 14.8 Å². The van der Waals surface area contributed by atoms with E-state index in [0.717, 1.165) is 12.1 Å². The lowest BCUT2D eigenvalue weighted by atomic mass is 10.1. The molecule has 1 aliphatic heterocycles. The number of fused-ring (bicyclic) bond motifs is 1. The molecule has 0 saturated heterocycles. The molecule has 1 N–H and O–H groups in total. The van der Waals surface area contributed by atoms with E-state index in [-0.39, 0.29) is 23.4 Å². The van der Waals surface area contributed by atoms with Crippen LogP contribution in [0.5, 0.6) is 0 Å². The maximum Gasteiger partial charge on any atom is 0.232 e. The molecule has 3 aromatic heterocycles. The summed E-state index contributed by atoms with van der Waals surface area (Å²) in [6.07, 6.45) is 13.4. The van der Waals surface area contributed by atoms with E-state index in [1.54, 1.807) is 43.9 Å². The van der Waals surface area contributed by atoms with E-state index in [9.17, 15) is 13.2 Å². The van der Waals surface area contributed by atoms with Gasteiger partial charge in [-0.15, -0.1) is 0 Å². The Bertz CT molecular complexity index is 1780. The molecule has 41 heavy (non-hydrogen) atoms. The van der Waals surface area contributed by atoms with Crippen LogP contribution in [0.25, 0.3) is 27.8 Å². The standard InChI is InChI=1S/C28H27F2N7O3S/c1-4-13-41(39,40)34-23-6-5-22(29)28(26(23)30)37-16-21(19-14-31-17-32-15-19)27-24(37)7-8-25(33-27)35(3)20-9-11-36(12-10-20)18(2)38/h5-12,14-17,20,34H,4,13H2,1-3H3. The van der Waals surface area contributed by atoms with Gasteiger partial charge in [0.15, 0.2) is 5.82 Å². The van der Waals surface area contributed by atoms with Gasteiger partial charge in [-0.3, -0.25) is 14.4 Å². The van der Waals surface area contributed by atoms with Crippen molar-refractivity contribution in [2.24, 2.45) is 0 Å². The first-order chi connectivity index (χ1) is 19.6. The highest BCUT2D eigenvalue weighted by Crippen LogP contribution is 2.35. The highest BCUT2D eigenvalue weighted by molar-refractivity contribution is 7.92. The third-order valence-electron chi connectivity index (χ3n) is 6.61. The van der Waals surface area contributed by atoms with Gasteiger partial charge < -0.3 is 9.47 Å². The highest BCUT2D eigenvalue weighted by atomic mass is 32.2. The number of nitrogens with one attached hydrogen (secondary N) is 1. The van der Waals surface area contributed by atoms with Crippen LogP contribution in [0.15, 0.2) is 73.7 Å². The molecule has 1 aliphatic rings. The average Bonchev–Trinajstić information content (AvgIpc) is 3.33. The minimum absolute atomic E-state index is 0.115. The van der Waals surface area contributed by atoms with E-state index in [0.29, 0.717) is 34.4 Å². The number of carbonyl (C=O) groups is 1. The zero-order valence-corrected chi connectivity index (χ0v) is 23.3. The van der Waals surface area contributed by atoms with Crippen LogP contribution >= 0.6 is 0 Å². The molecule has 13 heteroatoms. The number of halogens is 2. The van der Waals surface area contributed by atoms with E-state index in [4.69, 9.17) is 4.98 Å². The number of carbonyl (C=O) groups excluding carboxylic acids is 1. The van der Waals surface area contributed by atoms with Gasteiger partial charge in [0.2, 0.25) is 15.9 Å². The molecule has 1 amide bonds. The predicted octanol–water partition coefficient (Wildman–Crippen LogP) is 4.61. The van der Waals surface area contributed by atoms with E-state index in [2.05, 4.69) is 14.7 Å². The van der Waals surface area contributed by atoms with Crippen LogP contribution in [-0.4, -0.2) is 57.6 Å². The Balaban J connectivity index is 1.64. The summed E-state index contributed by atoms with van der Waals surface area (Å²) >= 11 is 0. The Morgan fingerprint density at radius 2 is 1.80 bits per heavy atom. The van der Waals surface area contributed by atoms with Crippen LogP contribution in [0.4, 0.5) is 20.3 Å². The van der Waals surface area contributed by atoms with Crippen LogP contribution in [0, 0.1) is 11.6 Å². The fourth-order valence-corrected chi connectivity index (χ4v) is 5.68.